The molecule has 1 nitrogen and oxygen atoms in total. The summed E-state index contributed by atoms with van der Waals surface area (Å²) in [5, 5.41) is 2.89. The quantitative estimate of drug-likeness (QED) is 0.421. The molecule has 1 aromatic rings. The summed E-state index contributed by atoms with van der Waals surface area (Å²) in [6, 6.07) is 12.0. The maximum absolute atomic E-state index is 10.6. The number of rotatable bonds is 2. The Labute approximate surface area is 91.8 Å². The van der Waals surface area contributed by atoms with Gasteiger partial charge in [0, 0.05) is 0 Å². The van der Waals surface area contributed by atoms with Crippen LogP contribution < -0.4 is 5.19 Å². The molecule has 15 heavy (non-hydrogen) atoms. The number of hydrogen-bond donors (Lipinski definition) is 0. The molecule has 78 valence electrons. The highest BCUT2D eigenvalue weighted by Crippen LogP contribution is 2.33. The Kier molecular flexibility index (Phi) is 2.87. The SMILES string of the molecule is C[Si]1(c2ccccc2)CCC/C1=C\C=O. The molecule has 1 aliphatic rings. The van der Waals surface area contributed by atoms with Gasteiger partial charge in [-0.3, -0.25) is 4.79 Å². The van der Waals surface area contributed by atoms with Crippen LogP contribution in [-0.2, 0) is 4.79 Å². The average molecular weight is 216 g/mol. The molecule has 0 N–H and O–H groups in total. The molecule has 0 spiro atoms. The molecule has 0 saturated carbocycles. The van der Waals surface area contributed by atoms with Crippen LogP contribution >= 0.6 is 0 Å². The molecule has 1 unspecified atom stereocenters. The highest BCUT2D eigenvalue weighted by Gasteiger charge is 2.37. The highest BCUT2D eigenvalue weighted by molar-refractivity contribution is 6.97. The first-order valence-electron chi connectivity index (χ1n) is 5.48. The van der Waals surface area contributed by atoms with E-state index in [1.165, 1.54) is 22.8 Å². The van der Waals surface area contributed by atoms with Crippen LogP contribution in [0, 0.1) is 0 Å². The Morgan fingerprint density at radius 3 is 2.67 bits per heavy atom. The minimum absolute atomic E-state index is 0.953. The van der Waals surface area contributed by atoms with E-state index < -0.39 is 8.07 Å². The smallest absolute Gasteiger partial charge is 0.142 e. The molecule has 0 aromatic heterocycles. The normalized spacial score (nSPS) is 28.2. The lowest BCUT2D eigenvalue weighted by Gasteiger charge is -2.23. The number of allylic oxidation sites excluding steroid dienone is 2. The van der Waals surface area contributed by atoms with Gasteiger partial charge in [-0.05, 0) is 18.5 Å². The van der Waals surface area contributed by atoms with Crippen LogP contribution in [0.2, 0.25) is 12.6 Å². The Morgan fingerprint density at radius 2 is 2.00 bits per heavy atom. The van der Waals surface area contributed by atoms with Crippen molar-refractivity contribution in [3.05, 3.63) is 41.6 Å². The van der Waals surface area contributed by atoms with Gasteiger partial charge in [0.05, 0.1) is 0 Å². The number of hydrogen-bond acceptors (Lipinski definition) is 1. The van der Waals surface area contributed by atoms with Gasteiger partial charge in [-0.1, -0.05) is 53.7 Å². The van der Waals surface area contributed by atoms with Crippen molar-refractivity contribution in [1.82, 2.24) is 0 Å². The van der Waals surface area contributed by atoms with Gasteiger partial charge in [0.2, 0.25) is 0 Å². The summed E-state index contributed by atoms with van der Waals surface area (Å²) < 4.78 is 0. The van der Waals surface area contributed by atoms with E-state index in [0.29, 0.717) is 0 Å². The summed E-state index contributed by atoms with van der Waals surface area (Å²) in [4.78, 5) is 10.6. The van der Waals surface area contributed by atoms with Gasteiger partial charge in [0.15, 0.2) is 0 Å². The van der Waals surface area contributed by atoms with Crippen LogP contribution in [0.3, 0.4) is 0 Å². The molecule has 0 bridgehead atoms. The van der Waals surface area contributed by atoms with Crippen molar-refractivity contribution in [3.8, 4) is 0 Å². The van der Waals surface area contributed by atoms with E-state index in [4.69, 9.17) is 0 Å². The zero-order valence-corrected chi connectivity index (χ0v) is 10.1. The van der Waals surface area contributed by atoms with Gasteiger partial charge in [-0.15, -0.1) is 0 Å². The van der Waals surface area contributed by atoms with E-state index >= 15 is 0 Å². The van der Waals surface area contributed by atoms with E-state index in [0.717, 1.165) is 12.7 Å². The third kappa shape index (κ3) is 1.82. The second-order valence-corrected chi connectivity index (χ2v) is 8.76. The molecule has 1 aliphatic heterocycles. The molecule has 1 aromatic carbocycles. The number of carbonyl (C=O) groups is 1. The summed E-state index contributed by atoms with van der Waals surface area (Å²) in [5.41, 5.74) is 0. The van der Waals surface area contributed by atoms with Gasteiger partial charge in [0.25, 0.3) is 0 Å². The first kappa shape index (κ1) is 10.4. The molecule has 0 radical (unpaired) electrons. The fourth-order valence-corrected chi connectivity index (χ4v) is 6.51. The molecule has 1 fully saturated rings. The molecule has 1 saturated heterocycles. The monoisotopic (exact) mass is 216 g/mol. The van der Waals surface area contributed by atoms with Crippen LogP contribution in [0.1, 0.15) is 12.8 Å². The van der Waals surface area contributed by atoms with Crippen LogP contribution in [0.25, 0.3) is 0 Å². The van der Waals surface area contributed by atoms with Gasteiger partial charge in [-0.2, -0.15) is 0 Å². The maximum Gasteiger partial charge on any atom is 0.142 e. The van der Waals surface area contributed by atoms with E-state index in [-0.39, 0.29) is 0 Å². The zero-order chi connectivity index (χ0) is 10.7. The van der Waals surface area contributed by atoms with Gasteiger partial charge in [0.1, 0.15) is 14.4 Å². The van der Waals surface area contributed by atoms with Crippen LogP contribution in [-0.4, -0.2) is 14.4 Å². The van der Waals surface area contributed by atoms with Crippen molar-refractivity contribution >= 4 is 19.5 Å². The molecular weight excluding hydrogens is 200 g/mol. The van der Waals surface area contributed by atoms with Crippen LogP contribution in [0.5, 0.6) is 0 Å². The Bertz CT molecular complexity index is 383. The Morgan fingerprint density at radius 1 is 1.27 bits per heavy atom. The molecule has 1 atom stereocenters. The van der Waals surface area contributed by atoms with Gasteiger partial charge in [-0.25, -0.2) is 0 Å². The first-order valence-corrected chi connectivity index (χ1v) is 8.18. The molecule has 0 amide bonds. The van der Waals surface area contributed by atoms with E-state index in [1.54, 1.807) is 0 Å². The number of aldehydes is 1. The largest absolute Gasteiger partial charge is 0.299 e. The van der Waals surface area contributed by atoms with E-state index in [2.05, 4.69) is 36.9 Å². The van der Waals surface area contributed by atoms with Crippen molar-refractivity contribution in [2.45, 2.75) is 25.4 Å². The standard InChI is InChI=1S/C13H16OSi/c1-15(12-6-3-2-4-7-12)11-5-8-13(15)9-10-14/h2-4,6-7,9-10H,5,8,11H2,1H3/b13-9+. The molecule has 1 heterocycles. The van der Waals surface area contributed by atoms with E-state index in [1.807, 2.05) is 6.08 Å². The van der Waals surface area contributed by atoms with Crippen molar-refractivity contribution < 1.29 is 4.79 Å². The number of benzene rings is 1. The van der Waals surface area contributed by atoms with Crippen LogP contribution in [0.4, 0.5) is 0 Å². The summed E-state index contributed by atoms with van der Waals surface area (Å²) >= 11 is 0. The lowest BCUT2D eigenvalue weighted by Crippen LogP contribution is -2.43. The second kappa shape index (κ2) is 4.15. The van der Waals surface area contributed by atoms with Crippen molar-refractivity contribution in [1.29, 1.82) is 0 Å². The third-order valence-corrected chi connectivity index (χ3v) is 8.31. The maximum atomic E-state index is 10.6. The highest BCUT2D eigenvalue weighted by atomic mass is 28.3. The topological polar surface area (TPSA) is 17.1 Å². The summed E-state index contributed by atoms with van der Waals surface area (Å²) in [6.07, 6.45) is 5.13. The lowest BCUT2D eigenvalue weighted by molar-refractivity contribution is -0.104. The minimum Gasteiger partial charge on any atom is -0.299 e. The summed E-state index contributed by atoms with van der Waals surface area (Å²) in [7, 11) is -1.48. The molecule has 2 heteroatoms. The molecule has 0 aliphatic carbocycles. The number of carbonyl (C=O) groups excluding carboxylic acids is 1. The second-order valence-electron chi connectivity index (χ2n) is 4.38. The molecule has 2 rings (SSSR count). The zero-order valence-electron chi connectivity index (χ0n) is 9.07. The summed E-state index contributed by atoms with van der Waals surface area (Å²) in [5.74, 6) is 0. The minimum atomic E-state index is -1.48. The third-order valence-electron chi connectivity index (χ3n) is 3.51. The Balaban J connectivity index is 2.41. The van der Waals surface area contributed by atoms with Crippen molar-refractivity contribution in [2.75, 3.05) is 0 Å². The van der Waals surface area contributed by atoms with E-state index in [9.17, 15) is 4.79 Å². The van der Waals surface area contributed by atoms with Gasteiger partial charge >= 0.3 is 0 Å². The fourth-order valence-electron chi connectivity index (χ4n) is 2.55. The van der Waals surface area contributed by atoms with Crippen molar-refractivity contribution in [2.24, 2.45) is 0 Å². The van der Waals surface area contributed by atoms with Crippen LogP contribution in [0.15, 0.2) is 41.6 Å². The average Bonchev–Trinajstić information content (AvgIpc) is 2.64. The predicted octanol–water partition coefficient (Wildman–Crippen LogP) is 2.43. The van der Waals surface area contributed by atoms with Gasteiger partial charge < -0.3 is 0 Å². The molecular formula is C13H16OSi. The Hall–Kier alpha value is -1.15. The predicted molar refractivity (Wildman–Crippen MR) is 65.9 cm³/mol. The van der Waals surface area contributed by atoms with Crippen molar-refractivity contribution in [3.63, 3.8) is 0 Å². The fraction of sp³-hybridized carbons (Fsp3) is 0.308. The summed E-state index contributed by atoms with van der Waals surface area (Å²) in [6.45, 7) is 2.38. The lowest BCUT2D eigenvalue weighted by atomic mass is 10.3. The first-order chi connectivity index (χ1) is 7.27.